The lowest BCUT2D eigenvalue weighted by Gasteiger charge is -2.38. The van der Waals surface area contributed by atoms with Crippen LogP contribution in [-0.2, 0) is 4.79 Å². The second-order valence-electron chi connectivity index (χ2n) is 9.32. The van der Waals surface area contributed by atoms with Crippen LogP contribution in [0.2, 0.25) is 0 Å². The van der Waals surface area contributed by atoms with Gasteiger partial charge in [-0.1, -0.05) is 55.0 Å². The van der Waals surface area contributed by atoms with Gasteiger partial charge in [0, 0.05) is 24.7 Å². The summed E-state index contributed by atoms with van der Waals surface area (Å²) in [7, 11) is 0. The third-order valence-electron chi connectivity index (χ3n) is 6.56. The molecule has 0 atom stereocenters. The summed E-state index contributed by atoms with van der Waals surface area (Å²) in [6.07, 6.45) is 2.68. The predicted molar refractivity (Wildman–Crippen MR) is 144 cm³/mol. The summed E-state index contributed by atoms with van der Waals surface area (Å²) in [6.45, 7) is 6.71. The number of anilines is 1. The highest BCUT2D eigenvalue weighted by atomic mass is 16.5. The quantitative estimate of drug-likeness (QED) is 0.420. The Hall–Kier alpha value is -3.64. The number of para-hydroxylation sites is 2. The zero-order valence-electron chi connectivity index (χ0n) is 21.2. The van der Waals surface area contributed by atoms with Crippen LogP contribution in [-0.4, -0.2) is 53.8 Å². The van der Waals surface area contributed by atoms with E-state index >= 15 is 0 Å². The molecule has 1 heterocycles. The van der Waals surface area contributed by atoms with Gasteiger partial charge in [0.2, 0.25) is 5.91 Å². The molecule has 0 unspecified atom stereocenters. The Morgan fingerprint density at radius 3 is 2.31 bits per heavy atom. The number of ether oxygens (including phenoxy) is 1. The molecule has 4 rings (SSSR count). The maximum absolute atomic E-state index is 13.1. The zero-order chi connectivity index (χ0) is 25.3. The SMILES string of the molecule is CCCN(CC(=O)Nc1ccccc1Oc1ccc(C)cc1)C1CCN(C(=O)c2ccccc2)CC1. The van der Waals surface area contributed by atoms with Crippen molar-refractivity contribution in [2.24, 2.45) is 0 Å². The number of carbonyl (C=O) groups is 2. The van der Waals surface area contributed by atoms with Gasteiger partial charge < -0.3 is 15.0 Å². The van der Waals surface area contributed by atoms with Crippen LogP contribution in [0.5, 0.6) is 11.5 Å². The Morgan fingerprint density at radius 2 is 1.61 bits per heavy atom. The standard InChI is InChI=1S/C30H35N3O3/c1-3-19-33(25-17-20-32(21-18-25)30(35)24-9-5-4-6-10-24)22-29(34)31-27-11-7-8-12-28(27)36-26-15-13-23(2)14-16-26/h4-16,25H,3,17-22H2,1-2H3,(H,31,34). The van der Waals surface area contributed by atoms with E-state index in [2.05, 4.69) is 17.1 Å². The molecule has 0 saturated carbocycles. The first-order chi connectivity index (χ1) is 17.5. The van der Waals surface area contributed by atoms with Crippen LogP contribution in [0.25, 0.3) is 0 Å². The molecule has 36 heavy (non-hydrogen) atoms. The van der Waals surface area contributed by atoms with Crippen molar-refractivity contribution in [3.8, 4) is 11.5 Å². The van der Waals surface area contributed by atoms with E-state index in [4.69, 9.17) is 4.74 Å². The third kappa shape index (κ3) is 6.73. The number of amides is 2. The van der Waals surface area contributed by atoms with Crippen LogP contribution < -0.4 is 10.1 Å². The van der Waals surface area contributed by atoms with Gasteiger partial charge in [-0.25, -0.2) is 0 Å². The molecule has 2 amide bonds. The number of piperidine rings is 1. The van der Waals surface area contributed by atoms with Crippen molar-refractivity contribution in [2.45, 2.75) is 39.2 Å². The molecule has 1 fully saturated rings. The molecule has 1 aliphatic heterocycles. The first-order valence-corrected chi connectivity index (χ1v) is 12.7. The van der Waals surface area contributed by atoms with Gasteiger partial charge in [0.05, 0.1) is 12.2 Å². The lowest BCUT2D eigenvalue weighted by atomic mass is 10.0. The minimum absolute atomic E-state index is 0.0637. The van der Waals surface area contributed by atoms with E-state index in [1.165, 1.54) is 0 Å². The number of hydrogen-bond acceptors (Lipinski definition) is 4. The van der Waals surface area contributed by atoms with Crippen molar-refractivity contribution < 1.29 is 14.3 Å². The minimum atomic E-state index is -0.0637. The molecular formula is C30H35N3O3. The second kappa shape index (κ2) is 12.4. The number of nitrogens with one attached hydrogen (secondary N) is 1. The van der Waals surface area contributed by atoms with Gasteiger partial charge in [-0.15, -0.1) is 0 Å². The predicted octanol–water partition coefficient (Wildman–Crippen LogP) is 5.74. The molecule has 0 bridgehead atoms. The Morgan fingerprint density at radius 1 is 0.944 bits per heavy atom. The van der Waals surface area contributed by atoms with Crippen LogP contribution in [0.15, 0.2) is 78.9 Å². The Labute approximate surface area is 213 Å². The molecule has 0 aromatic heterocycles. The summed E-state index contributed by atoms with van der Waals surface area (Å²) < 4.78 is 6.04. The second-order valence-corrected chi connectivity index (χ2v) is 9.32. The van der Waals surface area contributed by atoms with Gasteiger partial charge in [-0.2, -0.15) is 0 Å². The topological polar surface area (TPSA) is 61.9 Å². The maximum Gasteiger partial charge on any atom is 0.253 e. The number of aryl methyl sites for hydroxylation is 1. The highest BCUT2D eigenvalue weighted by molar-refractivity contribution is 5.94. The van der Waals surface area contributed by atoms with Gasteiger partial charge in [0.25, 0.3) is 5.91 Å². The average molecular weight is 486 g/mol. The number of hydrogen-bond donors (Lipinski definition) is 1. The maximum atomic E-state index is 13.1. The molecule has 0 aliphatic carbocycles. The van der Waals surface area contributed by atoms with E-state index < -0.39 is 0 Å². The molecule has 6 nitrogen and oxygen atoms in total. The highest BCUT2D eigenvalue weighted by Crippen LogP contribution is 2.29. The smallest absolute Gasteiger partial charge is 0.253 e. The summed E-state index contributed by atoms with van der Waals surface area (Å²) in [5.41, 5.74) is 2.55. The van der Waals surface area contributed by atoms with E-state index in [1.54, 1.807) is 0 Å². The molecular weight excluding hydrogens is 450 g/mol. The lowest BCUT2D eigenvalue weighted by molar-refractivity contribution is -0.118. The molecule has 1 N–H and O–H groups in total. The Bertz CT molecular complexity index is 1140. The fourth-order valence-corrected chi connectivity index (χ4v) is 4.64. The summed E-state index contributed by atoms with van der Waals surface area (Å²) in [4.78, 5) is 30.1. The van der Waals surface area contributed by atoms with E-state index in [0.717, 1.165) is 42.7 Å². The molecule has 1 saturated heterocycles. The normalized spacial score (nSPS) is 14.0. The zero-order valence-corrected chi connectivity index (χ0v) is 21.2. The molecule has 3 aromatic carbocycles. The molecule has 6 heteroatoms. The van der Waals surface area contributed by atoms with E-state index in [9.17, 15) is 9.59 Å². The Balaban J connectivity index is 1.35. The Kier molecular flexibility index (Phi) is 8.74. The molecule has 188 valence electrons. The van der Waals surface area contributed by atoms with Gasteiger partial charge in [0.15, 0.2) is 5.75 Å². The van der Waals surface area contributed by atoms with Gasteiger partial charge in [-0.3, -0.25) is 14.5 Å². The fourth-order valence-electron chi connectivity index (χ4n) is 4.64. The number of likely N-dealkylation sites (tertiary alicyclic amines) is 1. The largest absolute Gasteiger partial charge is 0.455 e. The van der Waals surface area contributed by atoms with Gasteiger partial charge in [0.1, 0.15) is 5.75 Å². The van der Waals surface area contributed by atoms with Crippen molar-refractivity contribution in [3.05, 3.63) is 90.0 Å². The first kappa shape index (κ1) is 25.5. The van der Waals surface area contributed by atoms with Crippen molar-refractivity contribution in [1.29, 1.82) is 0 Å². The molecule has 0 radical (unpaired) electrons. The number of rotatable bonds is 9. The summed E-state index contributed by atoms with van der Waals surface area (Å²) in [5.74, 6) is 1.36. The van der Waals surface area contributed by atoms with Gasteiger partial charge in [-0.05, 0) is 69.1 Å². The van der Waals surface area contributed by atoms with Crippen molar-refractivity contribution in [3.63, 3.8) is 0 Å². The summed E-state index contributed by atoms with van der Waals surface area (Å²) in [5, 5.41) is 3.05. The van der Waals surface area contributed by atoms with E-state index in [-0.39, 0.29) is 17.9 Å². The van der Waals surface area contributed by atoms with Crippen LogP contribution in [0.3, 0.4) is 0 Å². The number of carbonyl (C=O) groups excluding carboxylic acids is 2. The van der Waals surface area contributed by atoms with Crippen LogP contribution in [0.4, 0.5) is 5.69 Å². The monoisotopic (exact) mass is 485 g/mol. The van der Waals surface area contributed by atoms with Gasteiger partial charge >= 0.3 is 0 Å². The molecule has 3 aromatic rings. The van der Waals surface area contributed by atoms with Crippen molar-refractivity contribution >= 4 is 17.5 Å². The van der Waals surface area contributed by atoms with Crippen LogP contribution in [0.1, 0.15) is 42.1 Å². The van der Waals surface area contributed by atoms with E-state index in [0.29, 0.717) is 31.1 Å². The molecule has 0 spiro atoms. The van der Waals surface area contributed by atoms with Crippen molar-refractivity contribution in [1.82, 2.24) is 9.80 Å². The number of nitrogens with zero attached hydrogens (tertiary/aromatic N) is 2. The minimum Gasteiger partial charge on any atom is -0.455 e. The van der Waals surface area contributed by atoms with E-state index in [1.807, 2.05) is 90.7 Å². The molecule has 1 aliphatic rings. The van der Waals surface area contributed by atoms with Crippen LogP contribution in [0, 0.1) is 6.92 Å². The summed E-state index contributed by atoms with van der Waals surface area (Å²) in [6, 6.07) is 25.1. The van der Waals surface area contributed by atoms with Crippen molar-refractivity contribution in [2.75, 3.05) is 31.5 Å². The highest BCUT2D eigenvalue weighted by Gasteiger charge is 2.28. The number of benzene rings is 3. The first-order valence-electron chi connectivity index (χ1n) is 12.7. The average Bonchev–Trinajstić information content (AvgIpc) is 2.91. The lowest BCUT2D eigenvalue weighted by Crippen LogP contribution is -2.49. The fraction of sp³-hybridized carbons (Fsp3) is 0.333. The summed E-state index contributed by atoms with van der Waals surface area (Å²) >= 11 is 0. The van der Waals surface area contributed by atoms with Crippen LogP contribution >= 0.6 is 0 Å². The third-order valence-corrected chi connectivity index (χ3v) is 6.56.